The van der Waals surface area contributed by atoms with Gasteiger partial charge in [-0.15, -0.1) is 0 Å². The predicted molar refractivity (Wildman–Crippen MR) is 135 cm³/mol. The molecule has 2 aromatic heterocycles. The maximum absolute atomic E-state index is 13.6. The first kappa shape index (κ1) is 22.0. The molecule has 34 heavy (non-hydrogen) atoms. The van der Waals surface area contributed by atoms with Crippen LogP contribution in [0.15, 0.2) is 85.9 Å². The molecule has 0 spiro atoms. The summed E-state index contributed by atoms with van der Waals surface area (Å²) in [6, 6.07) is 20.1. The summed E-state index contributed by atoms with van der Waals surface area (Å²) < 4.78 is 12.5. The Labute approximate surface area is 199 Å². The van der Waals surface area contributed by atoms with Crippen LogP contribution in [0.2, 0.25) is 0 Å². The fourth-order valence-corrected chi connectivity index (χ4v) is 4.98. The summed E-state index contributed by atoms with van der Waals surface area (Å²) in [5, 5.41) is 1.91. The summed E-state index contributed by atoms with van der Waals surface area (Å²) >= 11 is 1.39. The van der Waals surface area contributed by atoms with Gasteiger partial charge in [-0.1, -0.05) is 36.0 Å². The average Bonchev–Trinajstić information content (AvgIpc) is 2.84. The molecule has 0 N–H and O–H groups in total. The first-order valence-corrected chi connectivity index (χ1v) is 11.8. The van der Waals surface area contributed by atoms with Gasteiger partial charge in [0.1, 0.15) is 11.3 Å². The summed E-state index contributed by atoms with van der Waals surface area (Å²) in [4.78, 5) is 30.6. The van der Waals surface area contributed by atoms with E-state index in [1.807, 2.05) is 68.4 Å². The third-order valence-corrected chi connectivity index (χ3v) is 6.86. The molecule has 5 aromatic rings. The van der Waals surface area contributed by atoms with Gasteiger partial charge in [-0.25, -0.2) is 9.78 Å². The van der Waals surface area contributed by atoms with Crippen LogP contribution in [0.25, 0.3) is 27.6 Å². The van der Waals surface area contributed by atoms with Gasteiger partial charge in [0.25, 0.3) is 5.56 Å². The maximum atomic E-state index is 13.6. The number of rotatable bonds is 5. The number of ether oxygens (including phenoxy) is 1. The second kappa shape index (κ2) is 8.83. The van der Waals surface area contributed by atoms with Crippen molar-refractivity contribution < 1.29 is 9.15 Å². The highest BCUT2D eigenvalue weighted by molar-refractivity contribution is 7.98. The Hall–Kier alpha value is -3.84. The lowest BCUT2D eigenvalue weighted by atomic mass is 10.0. The summed E-state index contributed by atoms with van der Waals surface area (Å²) in [6.07, 6.45) is 0. The first-order chi connectivity index (χ1) is 16.5. The van der Waals surface area contributed by atoms with Gasteiger partial charge in [-0.2, -0.15) is 0 Å². The number of nitrogens with zero attached hydrogens (tertiary/aromatic N) is 2. The molecule has 0 amide bonds. The van der Waals surface area contributed by atoms with Gasteiger partial charge < -0.3 is 9.15 Å². The van der Waals surface area contributed by atoms with Crippen LogP contribution in [0.3, 0.4) is 0 Å². The fourth-order valence-electron chi connectivity index (χ4n) is 3.98. The summed E-state index contributed by atoms with van der Waals surface area (Å²) in [5.74, 6) is 1.00. The van der Waals surface area contributed by atoms with Gasteiger partial charge in [0, 0.05) is 17.2 Å². The SMILES string of the molecule is COc1ccccc1-n1c(SCc2cc(=O)oc3cc(C)c(C)cc23)nc2ccccc2c1=O. The summed E-state index contributed by atoms with van der Waals surface area (Å²) in [5.41, 5.74) is 4.20. The Kier molecular flexibility index (Phi) is 5.71. The van der Waals surface area contributed by atoms with E-state index in [2.05, 4.69) is 0 Å². The van der Waals surface area contributed by atoms with Crippen molar-refractivity contribution in [3.63, 3.8) is 0 Å². The van der Waals surface area contributed by atoms with Crippen molar-refractivity contribution in [1.82, 2.24) is 9.55 Å². The summed E-state index contributed by atoms with van der Waals surface area (Å²) in [7, 11) is 1.57. The standard InChI is InChI=1S/C27H22N2O4S/c1-16-12-20-18(14-25(30)33-24(20)13-17(16)2)15-34-27-28-21-9-5-4-8-19(21)26(31)29(27)22-10-6-7-11-23(22)32-3/h4-14H,15H2,1-3H3. The topological polar surface area (TPSA) is 74.3 Å². The second-order valence-electron chi connectivity index (χ2n) is 8.04. The van der Waals surface area contributed by atoms with Gasteiger partial charge in [-0.05, 0) is 66.9 Å². The molecule has 3 aromatic carbocycles. The Balaban J connectivity index is 1.67. The molecule has 0 bridgehead atoms. The molecular weight excluding hydrogens is 448 g/mol. The zero-order valence-electron chi connectivity index (χ0n) is 19.0. The molecule has 0 aliphatic rings. The summed E-state index contributed by atoms with van der Waals surface area (Å²) in [6.45, 7) is 4.02. The van der Waals surface area contributed by atoms with Crippen LogP contribution in [0, 0.1) is 13.8 Å². The molecule has 5 rings (SSSR count). The van der Waals surface area contributed by atoms with E-state index in [9.17, 15) is 9.59 Å². The minimum atomic E-state index is -0.403. The number of hydrogen-bond donors (Lipinski definition) is 0. The quantitative estimate of drug-likeness (QED) is 0.194. The van der Waals surface area contributed by atoms with E-state index in [0.29, 0.717) is 38.8 Å². The van der Waals surface area contributed by atoms with Crippen molar-refractivity contribution in [2.75, 3.05) is 7.11 Å². The van der Waals surface area contributed by atoms with Gasteiger partial charge in [0.05, 0.1) is 23.7 Å². The molecule has 170 valence electrons. The van der Waals surface area contributed by atoms with E-state index in [-0.39, 0.29) is 5.56 Å². The van der Waals surface area contributed by atoms with Crippen molar-refractivity contribution in [2.45, 2.75) is 24.8 Å². The van der Waals surface area contributed by atoms with E-state index in [1.54, 1.807) is 17.7 Å². The van der Waals surface area contributed by atoms with E-state index in [4.69, 9.17) is 14.1 Å². The number of hydrogen-bond acceptors (Lipinski definition) is 6. The number of aromatic nitrogens is 2. The Bertz CT molecular complexity index is 1670. The molecule has 0 saturated carbocycles. The lowest BCUT2D eigenvalue weighted by molar-refractivity contribution is 0.411. The second-order valence-corrected chi connectivity index (χ2v) is 8.98. The zero-order chi connectivity index (χ0) is 23.8. The Morgan fingerprint density at radius 3 is 2.50 bits per heavy atom. The fraction of sp³-hybridized carbons (Fsp3) is 0.148. The predicted octanol–water partition coefficient (Wildman–Crippen LogP) is 5.41. The third-order valence-electron chi connectivity index (χ3n) is 5.87. The van der Waals surface area contributed by atoms with Crippen molar-refractivity contribution in [3.05, 3.63) is 104 Å². The number of para-hydroxylation sites is 3. The lowest BCUT2D eigenvalue weighted by Crippen LogP contribution is -2.22. The molecule has 0 radical (unpaired) electrons. The molecular formula is C27H22N2O4S. The van der Waals surface area contributed by atoms with Crippen molar-refractivity contribution in [3.8, 4) is 11.4 Å². The molecule has 0 fully saturated rings. The van der Waals surface area contributed by atoms with Crippen LogP contribution < -0.4 is 15.9 Å². The smallest absolute Gasteiger partial charge is 0.336 e. The van der Waals surface area contributed by atoms with E-state index < -0.39 is 5.63 Å². The molecule has 2 heterocycles. The van der Waals surface area contributed by atoms with E-state index in [0.717, 1.165) is 22.1 Å². The molecule has 0 saturated heterocycles. The van der Waals surface area contributed by atoms with Crippen LogP contribution in [0.5, 0.6) is 5.75 Å². The lowest BCUT2D eigenvalue weighted by Gasteiger charge is -2.16. The zero-order valence-corrected chi connectivity index (χ0v) is 19.8. The molecule has 6 nitrogen and oxygen atoms in total. The van der Waals surface area contributed by atoms with Gasteiger partial charge in [0.15, 0.2) is 5.16 Å². The van der Waals surface area contributed by atoms with Crippen LogP contribution in [0.1, 0.15) is 16.7 Å². The average molecular weight is 471 g/mol. The minimum absolute atomic E-state index is 0.179. The normalized spacial score (nSPS) is 11.3. The largest absolute Gasteiger partial charge is 0.495 e. The van der Waals surface area contributed by atoms with Gasteiger partial charge >= 0.3 is 5.63 Å². The highest BCUT2D eigenvalue weighted by Crippen LogP contribution is 2.31. The van der Waals surface area contributed by atoms with E-state index >= 15 is 0 Å². The number of fused-ring (bicyclic) bond motifs is 2. The molecule has 7 heteroatoms. The molecule has 0 aliphatic carbocycles. The Morgan fingerprint density at radius 2 is 1.68 bits per heavy atom. The molecule has 0 atom stereocenters. The number of aryl methyl sites for hydroxylation is 2. The maximum Gasteiger partial charge on any atom is 0.336 e. The monoisotopic (exact) mass is 470 g/mol. The van der Waals surface area contributed by atoms with E-state index in [1.165, 1.54) is 17.8 Å². The Morgan fingerprint density at radius 1 is 0.941 bits per heavy atom. The van der Waals surface area contributed by atoms with Crippen LogP contribution in [-0.2, 0) is 5.75 Å². The molecule has 0 unspecified atom stereocenters. The van der Waals surface area contributed by atoms with Crippen molar-refractivity contribution in [2.24, 2.45) is 0 Å². The van der Waals surface area contributed by atoms with Crippen molar-refractivity contribution >= 4 is 33.6 Å². The van der Waals surface area contributed by atoms with Crippen LogP contribution in [-0.4, -0.2) is 16.7 Å². The van der Waals surface area contributed by atoms with Crippen LogP contribution in [0.4, 0.5) is 0 Å². The highest BCUT2D eigenvalue weighted by atomic mass is 32.2. The van der Waals surface area contributed by atoms with Gasteiger partial charge in [0.2, 0.25) is 0 Å². The highest BCUT2D eigenvalue weighted by Gasteiger charge is 2.17. The number of thioether (sulfide) groups is 1. The minimum Gasteiger partial charge on any atom is -0.495 e. The van der Waals surface area contributed by atoms with Crippen molar-refractivity contribution in [1.29, 1.82) is 0 Å². The number of methoxy groups -OCH3 is 1. The first-order valence-electron chi connectivity index (χ1n) is 10.8. The van der Waals surface area contributed by atoms with Gasteiger partial charge in [-0.3, -0.25) is 9.36 Å². The number of benzene rings is 3. The molecule has 0 aliphatic heterocycles. The van der Waals surface area contributed by atoms with Crippen LogP contribution >= 0.6 is 11.8 Å². The third kappa shape index (κ3) is 3.88.